The predicted octanol–water partition coefficient (Wildman–Crippen LogP) is 1.79. The fourth-order valence-corrected chi connectivity index (χ4v) is 1.56. The van der Waals surface area contributed by atoms with Crippen molar-refractivity contribution in [3.8, 4) is 11.4 Å². The van der Waals surface area contributed by atoms with Crippen molar-refractivity contribution < 1.29 is 19.2 Å². The second-order valence-electron chi connectivity index (χ2n) is 5.03. The molecule has 20 heavy (non-hydrogen) atoms. The van der Waals surface area contributed by atoms with Gasteiger partial charge in [-0.2, -0.15) is 4.98 Å². The van der Waals surface area contributed by atoms with Gasteiger partial charge in [0.25, 0.3) is 0 Å². The van der Waals surface area contributed by atoms with E-state index in [4.69, 9.17) is 4.52 Å². The van der Waals surface area contributed by atoms with Crippen LogP contribution >= 0.6 is 0 Å². The second-order valence-corrected chi connectivity index (χ2v) is 5.03. The highest BCUT2D eigenvalue weighted by molar-refractivity contribution is 5.89. The molecule has 0 aliphatic carbocycles. The van der Waals surface area contributed by atoms with Gasteiger partial charge >= 0.3 is 5.97 Å². The van der Waals surface area contributed by atoms with E-state index in [1.807, 2.05) is 13.8 Å². The van der Waals surface area contributed by atoms with E-state index in [-0.39, 0.29) is 6.61 Å². The normalized spacial score (nSPS) is 11.4. The molecule has 1 N–H and O–H groups in total. The molecule has 2 aromatic rings. The van der Waals surface area contributed by atoms with Crippen LogP contribution in [0.15, 0.2) is 28.8 Å². The van der Waals surface area contributed by atoms with Crippen molar-refractivity contribution in [2.24, 2.45) is 0 Å². The number of carbonyl (C=O) groups is 1. The quantitative estimate of drug-likeness (QED) is 0.857. The maximum absolute atomic E-state index is 11.3. The summed E-state index contributed by atoms with van der Waals surface area (Å²) < 4.78 is 9.79. The molecular weight excluding hydrogens is 260 g/mol. The Hall–Kier alpha value is -2.21. The lowest BCUT2D eigenvalue weighted by atomic mass is 9.95. The van der Waals surface area contributed by atoms with Gasteiger partial charge in [0.2, 0.25) is 11.7 Å². The summed E-state index contributed by atoms with van der Waals surface area (Å²) in [6, 6.07) is 6.70. The van der Waals surface area contributed by atoms with Gasteiger partial charge < -0.3 is 14.4 Å². The van der Waals surface area contributed by atoms with E-state index in [2.05, 4.69) is 14.9 Å². The number of carbonyl (C=O) groups excluding carboxylic acids is 1. The fourth-order valence-electron chi connectivity index (χ4n) is 1.56. The first-order chi connectivity index (χ1) is 9.47. The van der Waals surface area contributed by atoms with E-state index in [1.165, 1.54) is 7.11 Å². The summed E-state index contributed by atoms with van der Waals surface area (Å²) in [4.78, 5) is 15.6. The third-order valence-electron chi connectivity index (χ3n) is 2.96. The Kier molecular flexibility index (Phi) is 3.85. The number of hydrogen-bond acceptors (Lipinski definition) is 6. The summed E-state index contributed by atoms with van der Waals surface area (Å²) in [6.45, 7) is 3.53. The van der Waals surface area contributed by atoms with Crippen molar-refractivity contribution in [3.05, 3.63) is 35.7 Å². The maximum Gasteiger partial charge on any atom is 0.337 e. The van der Waals surface area contributed by atoms with E-state index in [0.29, 0.717) is 17.3 Å². The van der Waals surface area contributed by atoms with Crippen LogP contribution in [-0.2, 0) is 10.2 Å². The molecule has 6 nitrogen and oxygen atoms in total. The van der Waals surface area contributed by atoms with Crippen molar-refractivity contribution in [1.29, 1.82) is 0 Å². The number of esters is 1. The molecular formula is C14H16N2O4. The minimum Gasteiger partial charge on any atom is -0.465 e. The van der Waals surface area contributed by atoms with Gasteiger partial charge in [-0.25, -0.2) is 4.79 Å². The second kappa shape index (κ2) is 5.42. The Bertz CT molecular complexity index is 602. The van der Waals surface area contributed by atoms with Gasteiger partial charge in [0.1, 0.15) is 0 Å². The Morgan fingerprint density at radius 1 is 1.35 bits per heavy atom. The highest BCUT2D eigenvalue weighted by Crippen LogP contribution is 2.24. The molecule has 0 saturated heterocycles. The van der Waals surface area contributed by atoms with Crippen LogP contribution in [0.5, 0.6) is 0 Å². The lowest BCUT2D eigenvalue weighted by Crippen LogP contribution is -2.22. The molecule has 106 valence electrons. The van der Waals surface area contributed by atoms with Gasteiger partial charge in [-0.15, -0.1) is 0 Å². The van der Waals surface area contributed by atoms with Crippen LogP contribution in [0.3, 0.4) is 0 Å². The number of benzene rings is 1. The van der Waals surface area contributed by atoms with Gasteiger partial charge in [0, 0.05) is 5.56 Å². The fraction of sp³-hybridized carbons (Fsp3) is 0.357. The summed E-state index contributed by atoms with van der Waals surface area (Å²) in [7, 11) is 1.33. The zero-order chi connectivity index (χ0) is 14.8. The molecule has 0 bridgehead atoms. The first-order valence-electron chi connectivity index (χ1n) is 6.12. The highest BCUT2D eigenvalue weighted by Gasteiger charge is 2.27. The van der Waals surface area contributed by atoms with Crippen molar-refractivity contribution in [3.63, 3.8) is 0 Å². The molecule has 0 unspecified atom stereocenters. The SMILES string of the molecule is COC(=O)c1ccc(-c2noc(C(C)(C)CO)n2)cc1. The zero-order valence-corrected chi connectivity index (χ0v) is 11.6. The van der Waals surface area contributed by atoms with Crippen LogP contribution in [0, 0.1) is 0 Å². The number of rotatable bonds is 4. The number of aromatic nitrogens is 2. The first-order valence-corrected chi connectivity index (χ1v) is 6.12. The number of methoxy groups -OCH3 is 1. The van der Waals surface area contributed by atoms with Crippen LogP contribution in [0.2, 0.25) is 0 Å². The van der Waals surface area contributed by atoms with Gasteiger partial charge in [0.05, 0.1) is 24.7 Å². The lowest BCUT2D eigenvalue weighted by molar-refractivity contribution is 0.0601. The van der Waals surface area contributed by atoms with Crippen molar-refractivity contribution in [2.45, 2.75) is 19.3 Å². The predicted molar refractivity (Wildman–Crippen MR) is 71.2 cm³/mol. The third kappa shape index (κ3) is 2.70. The molecule has 0 amide bonds. The largest absolute Gasteiger partial charge is 0.465 e. The highest BCUT2D eigenvalue weighted by atomic mass is 16.5. The first kappa shape index (κ1) is 14.2. The standard InChI is InChI=1S/C14H16N2O4/c1-14(2,8-17)13-15-11(16-20-13)9-4-6-10(7-5-9)12(18)19-3/h4-7,17H,8H2,1-3H3. The van der Waals surface area contributed by atoms with Crippen LogP contribution in [0.25, 0.3) is 11.4 Å². The summed E-state index contributed by atoms with van der Waals surface area (Å²) in [5.74, 6) is 0.386. The molecule has 2 rings (SSSR count). The van der Waals surface area contributed by atoms with Gasteiger partial charge in [-0.1, -0.05) is 17.3 Å². The summed E-state index contributed by atoms with van der Waals surface area (Å²) in [5.41, 5.74) is 0.592. The molecule has 0 aliphatic rings. The van der Waals surface area contributed by atoms with Crippen LogP contribution < -0.4 is 0 Å². The molecule has 0 spiro atoms. The minimum atomic E-state index is -0.586. The number of aliphatic hydroxyl groups is 1. The third-order valence-corrected chi connectivity index (χ3v) is 2.96. The average Bonchev–Trinajstić information content (AvgIpc) is 2.97. The summed E-state index contributed by atoms with van der Waals surface area (Å²) in [6.07, 6.45) is 0. The molecule has 6 heteroatoms. The molecule has 0 radical (unpaired) electrons. The maximum atomic E-state index is 11.3. The monoisotopic (exact) mass is 276 g/mol. The van der Waals surface area contributed by atoms with Gasteiger partial charge in [-0.05, 0) is 26.0 Å². The van der Waals surface area contributed by atoms with E-state index in [0.717, 1.165) is 5.56 Å². The number of hydrogen-bond donors (Lipinski definition) is 1. The Balaban J connectivity index is 2.27. The van der Waals surface area contributed by atoms with Crippen LogP contribution in [0.4, 0.5) is 0 Å². The Morgan fingerprint density at radius 2 is 2.00 bits per heavy atom. The van der Waals surface area contributed by atoms with Crippen molar-refractivity contribution in [2.75, 3.05) is 13.7 Å². The molecule has 1 aromatic heterocycles. The summed E-state index contributed by atoms with van der Waals surface area (Å²) in [5, 5.41) is 13.2. The molecule has 0 aliphatic heterocycles. The molecule has 1 aromatic carbocycles. The zero-order valence-electron chi connectivity index (χ0n) is 11.6. The van der Waals surface area contributed by atoms with Crippen molar-refractivity contribution >= 4 is 5.97 Å². The Labute approximate surface area is 116 Å². The molecule has 0 saturated carbocycles. The lowest BCUT2D eigenvalue weighted by Gasteiger charge is -2.14. The Morgan fingerprint density at radius 3 is 2.55 bits per heavy atom. The van der Waals surface area contributed by atoms with E-state index in [1.54, 1.807) is 24.3 Å². The number of aliphatic hydroxyl groups excluding tert-OH is 1. The minimum absolute atomic E-state index is 0.0874. The number of nitrogens with zero attached hydrogens (tertiary/aromatic N) is 2. The molecule has 0 fully saturated rings. The van der Waals surface area contributed by atoms with Gasteiger partial charge in [-0.3, -0.25) is 0 Å². The van der Waals surface area contributed by atoms with Crippen LogP contribution in [-0.4, -0.2) is 34.9 Å². The molecule has 0 atom stereocenters. The van der Waals surface area contributed by atoms with Gasteiger partial charge in [0.15, 0.2) is 0 Å². The van der Waals surface area contributed by atoms with Crippen molar-refractivity contribution in [1.82, 2.24) is 10.1 Å². The van der Waals surface area contributed by atoms with Crippen LogP contribution in [0.1, 0.15) is 30.1 Å². The van der Waals surface area contributed by atoms with E-state index in [9.17, 15) is 9.90 Å². The van der Waals surface area contributed by atoms with E-state index < -0.39 is 11.4 Å². The average molecular weight is 276 g/mol. The number of ether oxygens (including phenoxy) is 1. The smallest absolute Gasteiger partial charge is 0.337 e. The summed E-state index contributed by atoms with van der Waals surface area (Å²) >= 11 is 0. The topological polar surface area (TPSA) is 85.5 Å². The molecule has 1 heterocycles. The van der Waals surface area contributed by atoms with E-state index >= 15 is 0 Å².